The highest BCUT2D eigenvalue weighted by Gasteiger charge is 2.08. The van der Waals surface area contributed by atoms with E-state index in [1.165, 1.54) is 28.7 Å². The maximum absolute atomic E-state index is 11.9. The fraction of sp³-hybridized carbons (Fsp3) is 0.235. The number of rotatable bonds is 9. The lowest BCUT2D eigenvalue weighted by Gasteiger charge is -2.04. The Morgan fingerprint density at radius 2 is 2.04 bits per heavy atom. The lowest BCUT2D eigenvalue weighted by molar-refractivity contribution is -0.118. The van der Waals surface area contributed by atoms with Crippen LogP contribution in [-0.4, -0.2) is 28.4 Å². The van der Waals surface area contributed by atoms with Gasteiger partial charge in [-0.3, -0.25) is 4.79 Å². The molecule has 25 heavy (non-hydrogen) atoms. The Bertz CT molecular complexity index is 775. The second kappa shape index (κ2) is 9.24. The lowest BCUT2D eigenvalue weighted by atomic mass is 10.1. The molecule has 0 spiro atoms. The van der Waals surface area contributed by atoms with Gasteiger partial charge in [0, 0.05) is 6.54 Å². The van der Waals surface area contributed by atoms with Crippen LogP contribution in [0.1, 0.15) is 11.3 Å². The molecule has 2 N–H and O–H groups in total. The van der Waals surface area contributed by atoms with Gasteiger partial charge in [0.15, 0.2) is 4.34 Å². The van der Waals surface area contributed by atoms with Gasteiger partial charge in [-0.05, 0) is 24.1 Å². The van der Waals surface area contributed by atoms with E-state index in [-0.39, 0.29) is 5.91 Å². The summed E-state index contributed by atoms with van der Waals surface area (Å²) < 4.78 is 6.01. The Hall–Kier alpha value is -2.32. The van der Waals surface area contributed by atoms with E-state index in [1.807, 2.05) is 30.3 Å². The minimum atomic E-state index is 0.00114. The Morgan fingerprint density at radius 3 is 2.84 bits per heavy atom. The normalized spacial score (nSPS) is 10.6. The minimum Gasteiger partial charge on any atom is -0.467 e. The fourth-order valence-corrected chi connectivity index (χ4v) is 3.66. The van der Waals surface area contributed by atoms with Crippen molar-refractivity contribution in [3.05, 3.63) is 60.1 Å². The molecule has 0 aliphatic heterocycles. The van der Waals surface area contributed by atoms with E-state index >= 15 is 0 Å². The van der Waals surface area contributed by atoms with Crippen molar-refractivity contribution in [3.63, 3.8) is 0 Å². The van der Waals surface area contributed by atoms with Crippen molar-refractivity contribution in [3.8, 4) is 0 Å². The van der Waals surface area contributed by atoms with E-state index in [1.54, 1.807) is 6.26 Å². The van der Waals surface area contributed by atoms with Gasteiger partial charge in [-0.15, -0.1) is 10.2 Å². The molecule has 0 radical (unpaired) electrons. The average molecular weight is 374 g/mol. The van der Waals surface area contributed by atoms with Crippen LogP contribution < -0.4 is 10.6 Å². The zero-order valence-corrected chi connectivity index (χ0v) is 15.1. The molecule has 2 aromatic heterocycles. The molecular weight excluding hydrogens is 356 g/mol. The number of thioether (sulfide) groups is 1. The first kappa shape index (κ1) is 17.5. The molecular formula is C17H18N4O2S2. The standard InChI is InChI=1S/C17H18N4O2S2/c22-15(18-9-8-13-5-2-1-3-6-13)12-24-17-21-20-16(25-17)19-11-14-7-4-10-23-14/h1-7,10H,8-9,11-12H2,(H,18,22)(H,19,20). The van der Waals surface area contributed by atoms with Crippen LogP contribution in [0.3, 0.4) is 0 Å². The largest absolute Gasteiger partial charge is 0.467 e. The molecule has 8 heteroatoms. The summed E-state index contributed by atoms with van der Waals surface area (Å²) in [6, 6.07) is 13.8. The zero-order chi connectivity index (χ0) is 17.3. The minimum absolute atomic E-state index is 0.00114. The van der Waals surface area contributed by atoms with Gasteiger partial charge in [0.25, 0.3) is 0 Å². The number of hydrogen-bond donors (Lipinski definition) is 2. The molecule has 6 nitrogen and oxygen atoms in total. The Morgan fingerprint density at radius 1 is 1.16 bits per heavy atom. The number of hydrogen-bond acceptors (Lipinski definition) is 7. The van der Waals surface area contributed by atoms with Crippen molar-refractivity contribution < 1.29 is 9.21 Å². The van der Waals surface area contributed by atoms with Crippen LogP contribution in [0.4, 0.5) is 5.13 Å². The number of anilines is 1. The molecule has 0 saturated carbocycles. The van der Waals surface area contributed by atoms with Gasteiger partial charge in [0.05, 0.1) is 18.6 Å². The van der Waals surface area contributed by atoms with Gasteiger partial charge in [-0.1, -0.05) is 53.4 Å². The molecule has 2 heterocycles. The SMILES string of the molecule is O=C(CSc1nnc(NCc2ccco2)s1)NCCc1ccccc1. The predicted octanol–water partition coefficient (Wildman–Crippen LogP) is 3.19. The number of amides is 1. The van der Waals surface area contributed by atoms with Crippen molar-refractivity contribution in [2.24, 2.45) is 0 Å². The molecule has 0 fully saturated rings. The maximum Gasteiger partial charge on any atom is 0.230 e. The van der Waals surface area contributed by atoms with Crippen LogP contribution in [0.15, 0.2) is 57.5 Å². The fourth-order valence-electron chi connectivity index (χ4n) is 2.08. The summed E-state index contributed by atoms with van der Waals surface area (Å²) in [7, 11) is 0. The van der Waals surface area contributed by atoms with Gasteiger partial charge in [-0.2, -0.15) is 0 Å². The van der Waals surface area contributed by atoms with Crippen LogP contribution in [-0.2, 0) is 17.8 Å². The molecule has 1 amide bonds. The van der Waals surface area contributed by atoms with E-state index in [9.17, 15) is 4.79 Å². The van der Waals surface area contributed by atoms with Gasteiger partial charge in [0.1, 0.15) is 5.76 Å². The third kappa shape index (κ3) is 5.91. The van der Waals surface area contributed by atoms with Crippen LogP contribution in [0.2, 0.25) is 0 Å². The molecule has 0 aliphatic carbocycles. The summed E-state index contributed by atoms with van der Waals surface area (Å²) in [6.07, 6.45) is 2.46. The van der Waals surface area contributed by atoms with Gasteiger partial charge in [0.2, 0.25) is 11.0 Å². The second-order valence-corrected chi connectivity index (χ2v) is 7.38. The molecule has 3 rings (SSSR count). The van der Waals surface area contributed by atoms with Crippen molar-refractivity contribution in [1.82, 2.24) is 15.5 Å². The lowest BCUT2D eigenvalue weighted by Crippen LogP contribution is -2.27. The second-order valence-electron chi connectivity index (χ2n) is 5.18. The van der Waals surface area contributed by atoms with Crippen molar-refractivity contribution in [2.45, 2.75) is 17.3 Å². The Balaban J connectivity index is 1.34. The summed E-state index contributed by atoms with van der Waals surface area (Å²) in [5.41, 5.74) is 1.21. The molecule has 0 aliphatic rings. The zero-order valence-electron chi connectivity index (χ0n) is 13.5. The molecule has 0 saturated heterocycles. The highest BCUT2D eigenvalue weighted by atomic mass is 32.2. The number of aromatic nitrogens is 2. The highest BCUT2D eigenvalue weighted by Crippen LogP contribution is 2.25. The van der Waals surface area contributed by atoms with Crippen molar-refractivity contribution in [2.75, 3.05) is 17.6 Å². The summed E-state index contributed by atoms with van der Waals surface area (Å²) in [4.78, 5) is 11.9. The summed E-state index contributed by atoms with van der Waals surface area (Å²) in [6.45, 7) is 1.20. The highest BCUT2D eigenvalue weighted by molar-refractivity contribution is 8.01. The molecule has 3 aromatic rings. The maximum atomic E-state index is 11.9. The Labute approximate surface area is 154 Å². The molecule has 1 aromatic carbocycles. The molecule has 0 bridgehead atoms. The van der Waals surface area contributed by atoms with Gasteiger partial charge < -0.3 is 15.1 Å². The van der Waals surface area contributed by atoms with Gasteiger partial charge in [-0.25, -0.2) is 0 Å². The number of nitrogens with one attached hydrogen (secondary N) is 2. The van der Waals surface area contributed by atoms with Crippen molar-refractivity contribution >= 4 is 34.1 Å². The number of benzene rings is 1. The third-order valence-electron chi connectivity index (χ3n) is 3.31. The van der Waals surface area contributed by atoms with E-state index in [2.05, 4.69) is 33.0 Å². The van der Waals surface area contributed by atoms with E-state index in [0.29, 0.717) is 24.0 Å². The van der Waals surface area contributed by atoms with Crippen molar-refractivity contribution in [1.29, 1.82) is 0 Å². The average Bonchev–Trinajstić information content (AvgIpc) is 3.31. The van der Waals surface area contributed by atoms with Gasteiger partial charge >= 0.3 is 0 Å². The number of carbonyl (C=O) groups excluding carboxylic acids is 1. The van der Waals surface area contributed by atoms with E-state index in [4.69, 9.17) is 4.42 Å². The van der Waals surface area contributed by atoms with Crippen LogP contribution in [0, 0.1) is 0 Å². The van der Waals surface area contributed by atoms with E-state index < -0.39 is 0 Å². The third-order valence-corrected chi connectivity index (χ3v) is 5.32. The smallest absolute Gasteiger partial charge is 0.230 e. The summed E-state index contributed by atoms with van der Waals surface area (Å²) in [5.74, 6) is 1.17. The number of nitrogens with zero attached hydrogens (tertiary/aromatic N) is 2. The molecule has 0 atom stereocenters. The first-order chi connectivity index (χ1) is 12.3. The number of furan rings is 1. The Kier molecular flexibility index (Phi) is 6.47. The van der Waals surface area contributed by atoms with E-state index in [0.717, 1.165) is 16.5 Å². The first-order valence-corrected chi connectivity index (χ1v) is 9.63. The van der Waals surface area contributed by atoms with Crippen LogP contribution in [0.25, 0.3) is 0 Å². The number of carbonyl (C=O) groups is 1. The van der Waals surface area contributed by atoms with Crippen LogP contribution >= 0.6 is 23.1 Å². The topological polar surface area (TPSA) is 80.1 Å². The quantitative estimate of drug-likeness (QED) is 0.560. The predicted molar refractivity (Wildman–Crippen MR) is 99.8 cm³/mol. The van der Waals surface area contributed by atoms with Crippen LogP contribution in [0.5, 0.6) is 0 Å². The first-order valence-electron chi connectivity index (χ1n) is 7.83. The summed E-state index contributed by atoms with van der Waals surface area (Å²) >= 11 is 2.81. The molecule has 130 valence electrons. The molecule has 0 unspecified atom stereocenters. The monoisotopic (exact) mass is 374 g/mol. The summed E-state index contributed by atoms with van der Waals surface area (Å²) in [5, 5.41) is 14.9.